The van der Waals surface area contributed by atoms with Crippen LogP contribution in [-0.4, -0.2) is 5.24 Å². The number of carbonyl (C=O) groups excluding carboxylic acids is 1. The zero-order valence-corrected chi connectivity index (χ0v) is 8.91. The molecule has 0 heterocycles. The van der Waals surface area contributed by atoms with E-state index in [4.69, 9.17) is 23.2 Å². The minimum absolute atomic E-state index is 0.00498. The van der Waals surface area contributed by atoms with Crippen molar-refractivity contribution < 1.29 is 4.79 Å². The summed E-state index contributed by atoms with van der Waals surface area (Å²) in [7, 11) is 0. The van der Waals surface area contributed by atoms with Crippen molar-refractivity contribution in [2.24, 2.45) is 17.3 Å². The molecule has 1 rings (SSSR count). The van der Waals surface area contributed by atoms with Gasteiger partial charge in [-0.1, -0.05) is 31.5 Å². The predicted octanol–water partition coefficient (Wildman–Crippen LogP) is 3.17. The Morgan fingerprint density at radius 2 is 1.92 bits per heavy atom. The summed E-state index contributed by atoms with van der Waals surface area (Å²) in [5, 5.41) is 0.479. The quantitative estimate of drug-likeness (QED) is 0.635. The number of rotatable bonds is 2. The van der Waals surface area contributed by atoms with E-state index in [1.54, 1.807) is 0 Å². The lowest BCUT2D eigenvalue weighted by Crippen LogP contribution is -1.96. The van der Waals surface area contributed by atoms with Crippen LogP contribution in [0.2, 0.25) is 0 Å². The molecule has 1 nitrogen and oxygen atoms in total. The third-order valence-corrected chi connectivity index (χ3v) is 2.93. The largest absolute Gasteiger partial charge is 0.281 e. The molecule has 68 valence electrons. The Balaban J connectivity index is 2.73. The minimum atomic E-state index is -0.251. The van der Waals surface area contributed by atoms with Gasteiger partial charge in [-0.05, 0) is 29.9 Å². The second-order valence-electron chi connectivity index (χ2n) is 3.88. The van der Waals surface area contributed by atoms with E-state index in [0.29, 0.717) is 0 Å². The van der Waals surface area contributed by atoms with E-state index in [2.05, 4.69) is 0 Å². The smallest absolute Gasteiger partial charge is 0.225 e. The Morgan fingerprint density at radius 3 is 2.17 bits per heavy atom. The summed E-state index contributed by atoms with van der Waals surface area (Å²) in [6.07, 6.45) is 1.91. The molecule has 0 bridgehead atoms. The lowest BCUT2D eigenvalue weighted by molar-refractivity contribution is -0.113. The van der Waals surface area contributed by atoms with Crippen molar-refractivity contribution in [1.29, 1.82) is 0 Å². The first kappa shape index (κ1) is 10.1. The van der Waals surface area contributed by atoms with Crippen LogP contribution in [0.4, 0.5) is 0 Å². The molecule has 0 radical (unpaired) electrons. The highest BCUT2D eigenvalue weighted by atomic mass is 35.5. The molecule has 0 aromatic heterocycles. The fourth-order valence-corrected chi connectivity index (χ4v) is 2.22. The molecule has 1 aliphatic carbocycles. The molecule has 1 fully saturated rings. The van der Waals surface area contributed by atoms with Crippen LogP contribution >= 0.6 is 23.2 Å². The molecule has 0 aromatic carbocycles. The summed E-state index contributed by atoms with van der Waals surface area (Å²) >= 11 is 11.1. The molecule has 1 aliphatic rings. The number of hydrogen-bond donors (Lipinski definition) is 0. The van der Waals surface area contributed by atoms with Crippen LogP contribution in [0.15, 0.2) is 11.1 Å². The van der Waals surface area contributed by atoms with Crippen molar-refractivity contribution >= 4 is 28.4 Å². The molecular formula is C9H12Cl2O. The SMILES string of the molecule is CC(Cl)=C[C@H]1[C@@H](C(=O)Cl)C1(C)C. The Hall–Kier alpha value is -0.0100. The van der Waals surface area contributed by atoms with Crippen molar-refractivity contribution in [2.75, 3.05) is 0 Å². The van der Waals surface area contributed by atoms with Gasteiger partial charge in [-0.2, -0.15) is 0 Å². The lowest BCUT2D eigenvalue weighted by atomic mass is 10.1. The summed E-state index contributed by atoms with van der Waals surface area (Å²) in [6, 6.07) is 0. The molecule has 0 N–H and O–H groups in total. The summed E-state index contributed by atoms with van der Waals surface area (Å²) in [5.41, 5.74) is -0.00498. The van der Waals surface area contributed by atoms with Gasteiger partial charge in [-0.3, -0.25) is 4.79 Å². The van der Waals surface area contributed by atoms with Crippen molar-refractivity contribution in [1.82, 2.24) is 0 Å². The average Bonchev–Trinajstić information content (AvgIpc) is 2.32. The van der Waals surface area contributed by atoms with E-state index in [1.807, 2.05) is 26.8 Å². The van der Waals surface area contributed by atoms with Gasteiger partial charge < -0.3 is 0 Å². The van der Waals surface area contributed by atoms with Crippen molar-refractivity contribution in [2.45, 2.75) is 20.8 Å². The van der Waals surface area contributed by atoms with Crippen molar-refractivity contribution in [3.05, 3.63) is 11.1 Å². The van der Waals surface area contributed by atoms with Gasteiger partial charge in [0.05, 0.1) is 0 Å². The van der Waals surface area contributed by atoms with Crippen LogP contribution in [0.3, 0.4) is 0 Å². The van der Waals surface area contributed by atoms with Crippen LogP contribution in [0, 0.1) is 17.3 Å². The highest BCUT2D eigenvalue weighted by Gasteiger charge is 2.59. The van der Waals surface area contributed by atoms with Crippen LogP contribution in [0.5, 0.6) is 0 Å². The molecule has 3 heteroatoms. The number of allylic oxidation sites excluding steroid dienone is 2. The molecule has 0 aromatic rings. The minimum Gasteiger partial charge on any atom is -0.281 e. The van der Waals surface area contributed by atoms with Crippen LogP contribution < -0.4 is 0 Å². The maximum Gasteiger partial charge on any atom is 0.225 e. The van der Waals surface area contributed by atoms with Gasteiger partial charge in [0.25, 0.3) is 0 Å². The Bertz CT molecular complexity index is 239. The van der Waals surface area contributed by atoms with Crippen LogP contribution in [0.1, 0.15) is 20.8 Å². The zero-order chi connectivity index (χ0) is 9.52. The van der Waals surface area contributed by atoms with E-state index in [0.717, 1.165) is 5.03 Å². The second-order valence-corrected chi connectivity index (χ2v) is 4.85. The fourth-order valence-electron chi connectivity index (χ4n) is 1.67. The van der Waals surface area contributed by atoms with E-state index in [1.165, 1.54) is 0 Å². The molecular weight excluding hydrogens is 195 g/mol. The number of halogens is 2. The maximum atomic E-state index is 10.9. The lowest BCUT2D eigenvalue weighted by Gasteiger charge is -1.96. The van der Waals surface area contributed by atoms with Gasteiger partial charge in [0.2, 0.25) is 5.24 Å². The number of hydrogen-bond acceptors (Lipinski definition) is 1. The monoisotopic (exact) mass is 206 g/mol. The van der Waals surface area contributed by atoms with E-state index in [9.17, 15) is 4.79 Å². The summed E-state index contributed by atoms with van der Waals surface area (Å²) < 4.78 is 0. The normalized spacial score (nSPS) is 33.2. The van der Waals surface area contributed by atoms with Crippen molar-refractivity contribution in [3.8, 4) is 0 Å². The first-order valence-electron chi connectivity index (χ1n) is 3.90. The Kier molecular flexibility index (Phi) is 2.55. The standard InChI is InChI=1S/C9H12Cl2O/c1-5(10)4-6-7(8(11)12)9(6,2)3/h4,6-7H,1-3H3/t6-,7-/m0/s1. The molecule has 0 aliphatic heterocycles. The topological polar surface area (TPSA) is 17.1 Å². The second kappa shape index (κ2) is 3.04. The predicted molar refractivity (Wildman–Crippen MR) is 51.2 cm³/mol. The van der Waals surface area contributed by atoms with E-state index in [-0.39, 0.29) is 22.5 Å². The van der Waals surface area contributed by atoms with Gasteiger partial charge in [-0.25, -0.2) is 0 Å². The Labute approximate surface area is 82.7 Å². The molecule has 0 amide bonds. The molecule has 0 saturated heterocycles. The van der Waals surface area contributed by atoms with E-state index < -0.39 is 0 Å². The van der Waals surface area contributed by atoms with Gasteiger partial charge >= 0.3 is 0 Å². The third kappa shape index (κ3) is 1.67. The Morgan fingerprint density at radius 1 is 1.42 bits per heavy atom. The molecule has 2 atom stereocenters. The molecule has 12 heavy (non-hydrogen) atoms. The highest BCUT2D eigenvalue weighted by Crippen LogP contribution is 2.60. The fraction of sp³-hybridized carbons (Fsp3) is 0.667. The first-order chi connectivity index (χ1) is 5.37. The van der Waals surface area contributed by atoms with Crippen LogP contribution in [0.25, 0.3) is 0 Å². The molecule has 0 unspecified atom stereocenters. The van der Waals surface area contributed by atoms with Gasteiger partial charge in [0.15, 0.2) is 0 Å². The molecule has 0 spiro atoms. The average molecular weight is 207 g/mol. The van der Waals surface area contributed by atoms with E-state index >= 15 is 0 Å². The number of carbonyl (C=O) groups is 1. The van der Waals surface area contributed by atoms with Crippen LogP contribution in [-0.2, 0) is 4.79 Å². The van der Waals surface area contributed by atoms with Gasteiger partial charge in [0.1, 0.15) is 0 Å². The highest BCUT2D eigenvalue weighted by molar-refractivity contribution is 6.64. The third-order valence-electron chi connectivity index (χ3n) is 2.56. The van der Waals surface area contributed by atoms with Gasteiger partial charge in [-0.15, -0.1) is 0 Å². The summed E-state index contributed by atoms with van der Waals surface area (Å²) in [5.74, 6) is 0.174. The molecule has 1 saturated carbocycles. The summed E-state index contributed by atoms with van der Waals surface area (Å²) in [6.45, 7) is 5.86. The summed E-state index contributed by atoms with van der Waals surface area (Å²) in [4.78, 5) is 10.9. The van der Waals surface area contributed by atoms with Crippen molar-refractivity contribution in [3.63, 3.8) is 0 Å². The maximum absolute atomic E-state index is 10.9. The zero-order valence-electron chi connectivity index (χ0n) is 7.40. The van der Waals surface area contributed by atoms with Gasteiger partial charge in [0, 0.05) is 11.0 Å². The first-order valence-corrected chi connectivity index (χ1v) is 4.66.